The number of rotatable bonds is 5. The molecule has 6 heteroatoms. The summed E-state index contributed by atoms with van der Waals surface area (Å²) in [6.45, 7) is 0. The number of halogens is 1. The molecular weight excluding hydrogens is 404 g/mol. The second kappa shape index (κ2) is 8.13. The van der Waals surface area contributed by atoms with Crippen molar-refractivity contribution in [3.8, 4) is 28.6 Å². The smallest absolute Gasteiger partial charge is 0.196 e. The molecule has 0 bridgehead atoms. The summed E-state index contributed by atoms with van der Waals surface area (Å²) in [7, 11) is 3.09. The van der Waals surface area contributed by atoms with Crippen LogP contribution in [0, 0.1) is 0 Å². The number of benzene rings is 3. The molecule has 0 aliphatic carbocycles. The third-order valence-corrected chi connectivity index (χ3v) is 5.20. The summed E-state index contributed by atoms with van der Waals surface area (Å²) in [6.07, 6.45) is 0.163. The van der Waals surface area contributed by atoms with E-state index in [2.05, 4.69) is 0 Å². The molecule has 1 heterocycles. The van der Waals surface area contributed by atoms with Crippen LogP contribution in [0.4, 0.5) is 0 Å². The van der Waals surface area contributed by atoms with Crippen LogP contribution in [0.15, 0.2) is 69.9 Å². The normalized spacial score (nSPS) is 10.9. The molecule has 0 saturated heterocycles. The second-order valence-electron chi connectivity index (χ2n) is 6.78. The number of hydrogen-bond donors (Lipinski definition) is 1. The van der Waals surface area contributed by atoms with Crippen molar-refractivity contribution in [1.82, 2.24) is 0 Å². The fourth-order valence-electron chi connectivity index (χ4n) is 3.36. The van der Waals surface area contributed by atoms with Gasteiger partial charge in [0.25, 0.3) is 0 Å². The van der Waals surface area contributed by atoms with Gasteiger partial charge in [-0.15, -0.1) is 0 Å². The summed E-state index contributed by atoms with van der Waals surface area (Å²) >= 11 is 6.03. The van der Waals surface area contributed by atoms with Crippen molar-refractivity contribution in [3.05, 3.63) is 87.0 Å². The van der Waals surface area contributed by atoms with E-state index in [-0.39, 0.29) is 17.6 Å². The van der Waals surface area contributed by atoms with Crippen molar-refractivity contribution in [2.24, 2.45) is 0 Å². The van der Waals surface area contributed by atoms with Gasteiger partial charge in [-0.25, -0.2) is 0 Å². The molecule has 30 heavy (non-hydrogen) atoms. The minimum Gasteiger partial charge on any atom is -0.508 e. The van der Waals surface area contributed by atoms with E-state index in [4.69, 9.17) is 25.5 Å². The van der Waals surface area contributed by atoms with Gasteiger partial charge in [0, 0.05) is 28.1 Å². The Morgan fingerprint density at radius 2 is 1.60 bits per heavy atom. The molecule has 1 N–H and O–H groups in total. The lowest BCUT2D eigenvalue weighted by molar-refractivity contribution is 0.411. The average molecular weight is 423 g/mol. The van der Waals surface area contributed by atoms with E-state index in [0.29, 0.717) is 49.9 Å². The predicted molar refractivity (Wildman–Crippen MR) is 117 cm³/mol. The number of aromatic hydroxyl groups is 1. The molecule has 0 saturated carbocycles. The van der Waals surface area contributed by atoms with Crippen molar-refractivity contribution in [1.29, 1.82) is 0 Å². The lowest BCUT2D eigenvalue weighted by Gasteiger charge is -2.13. The Balaban J connectivity index is 1.97. The Bertz CT molecular complexity index is 1280. The monoisotopic (exact) mass is 422 g/mol. The van der Waals surface area contributed by atoms with Gasteiger partial charge in [-0.2, -0.15) is 0 Å². The van der Waals surface area contributed by atoms with E-state index >= 15 is 0 Å². The van der Waals surface area contributed by atoms with Gasteiger partial charge in [-0.05, 0) is 60.7 Å². The molecule has 1 aromatic heterocycles. The van der Waals surface area contributed by atoms with E-state index in [0.717, 1.165) is 0 Å². The first-order valence-electron chi connectivity index (χ1n) is 9.25. The molecule has 0 unspecified atom stereocenters. The molecule has 0 spiro atoms. The Labute approximate surface area is 178 Å². The zero-order valence-corrected chi connectivity index (χ0v) is 17.2. The van der Waals surface area contributed by atoms with E-state index in [1.165, 1.54) is 0 Å². The van der Waals surface area contributed by atoms with Gasteiger partial charge >= 0.3 is 0 Å². The van der Waals surface area contributed by atoms with E-state index in [1.807, 2.05) is 0 Å². The Morgan fingerprint density at radius 3 is 2.30 bits per heavy atom. The molecule has 0 atom stereocenters. The van der Waals surface area contributed by atoms with Crippen LogP contribution in [0.25, 0.3) is 22.3 Å². The first-order valence-corrected chi connectivity index (χ1v) is 9.63. The summed E-state index contributed by atoms with van der Waals surface area (Å²) < 4.78 is 16.7. The van der Waals surface area contributed by atoms with Gasteiger partial charge in [0.05, 0.1) is 19.6 Å². The summed E-state index contributed by atoms with van der Waals surface area (Å²) in [5.41, 5.74) is 1.94. The van der Waals surface area contributed by atoms with Crippen molar-refractivity contribution in [2.75, 3.05) is 14.2 Å². The number of phenols is 1. The molecule has 152 valence electrons. The van der Waals surface area contributed by atoms with Gasteiger partial charge in [0.2, 0.25) is 0 Å². The predicted octanol–water partition coefficient (Wildman–Crippen LogP) is 5.43. The third kappa shape index (κ3) is 3.72. The molecule has 4 aromatic rings. The Hall–Kier alpha value is -3.44. The first kappa shape index (κ1) is 19.9. The lowest BCUT2D eigenvalue weighted by atomic mass is 9.97. The standard InChI is InChI=1S/C24H19ClO5/c1-28-17-7-9-21(26)15(11-17)12-20-23(27)19-13-18(29-2)8-10-22(19)30-24(20)14-3-5-16(25)6-4-14/h3-11,13,26H,12H2,1-2H3. The zero-order chi connectivity index (χ0) is 21.3. The fourth-order valence-corrected chi connectivity index (χ4v) is 3.48. The number of hydrogen-bond acceptors (Lipinski definition) is 5. The van der Waals surface area contributed by atoms with Crippen LogP contribution in [0.2, 0.25) is 5.02 Å². The molecular formula is C24H19ClO5. The number of fused-ring (bicyclic) bond motifs is 1. The van der Waals surface area contributed by atoms with E-state index in [9.17, 15) is 9.90 Å². The molecule has 0 aliphatic heterocycles. The number of phenolic OH excluding ortho intramolecular Hbond substituents is 1. The topological polar surface area (TPSA) is 68.9 Å². The van der Waals surface area contributed by atoms with Crippen molar-refractivity contribution >= 4 is 22.6 Å². The van der Waals surface area contributed by atoms with Gasteiger partial charge < -0.3 is 19.0 Å². The maximum atomic E-state index is 13.5. The van der Waals surface area contributed by atoms with Crippen LogP contribution in [-0.4, -0.2) is 19.3 Å². The highest BCUT2D eigenvalue weighted by Gasteiger charge is 2.19. The maximum Gasteiger partial charge on any atom is 0.196 e. The van der Waals surface area contributed by atoms with Crippen LogP contribution in [0.1, 0.15) is 11.1 Å². The van der Waals surface area contributed by atoms with Crippen LogP contribution < -0.4 is 14.9 Å². The molecule has 3 aromatic carbocycles. The van der Waals surface area contributed by atoms with Crippen LogP contribution in [-0.2, 0) is 6.42 Å². The fraction of sp³-hybridized carbons (Fsp3) is 0.125. The van der Waals surface area contributed by atoms with Crippen molar-refractivity contribution < 1.29 is 19.0 Å². The highest BCUT2D eigenvalue weighted by Crippen LogP contribution is 2.32. The highest BCUT2D eigenvalue weighted by atomic mass is 35.5. The summed E-state index contributed by atoms with van der Waals surface area (Å²) in [4.78, 5) is 13.5. The van der Waals surface area contributed by atoms with E-state index < -0.39 is 0 Å². The zero-order valence-electron chi connectivity index (χ0n) is 16.4. The SMILES string of the molecule is COc1ccc(O)c(Cc2c(-c3ccc(Cl)cc3)oc3ccc(OC)cc3c2=O)c1. The van der Waals surface area contributed by atoms with Crippen molar-refractivity contribution in [3.63, 3.8) is 0 Å². The number of methoxy groups -OCH3 is 2. The molecule has 4 rings (SSSR count). The van der Waals surface area contributed by atoms with Gasteiger partial charge in [-0.1, -0.05) is 11.6 Å². The largest absolute Gasteiger partial charge is 0.508 e. The molecule has 0 fully saturated rings. The average Bonchev–Trinajstić information content (AvgIpc) is 2.77. The van der Waals surface area contributed by atoms with Gasteiger partial charge in [0.15, 0.2) is 5.43 Å². The quantitative estimate of drug-likeness (QED) is 0.464. The summed E-state index contributed by atoms with van der Waals surface area (Å²) in [6, 6.07) is 17.1. The van der Waals surface area contributed by atoms with Crippen LogP contribution in [0.3, 0.4) is 0 Å². The highest BCUT2D eigenvalue weighted by molar-refractivity contribution is 6.30. The molecule has 0 amide bonds. The van der Waals surface area contributed by atoms with E-state index in [1.54, 1.807) is 74.9 Å². The summed E-state index contributed by atoms with van der Waals surface area (Å²) in [5.74, 6) is 1.64. The van der Waals surface area contributed by atoms with Crippen LogP contribution in [0.5, 0.6) is 17.2 Å². The Morgan fingerprint density at radius 1 is 0.933 bits per heavy atom. The maximum absolute atomic E-state index is 13.5. The Kier molecular flexibility index (Phi) is 5.38. The first-order chi connectivity index (χ1) is 14.5. The van der Waals surface area contributed by atoms with Gasteiger partial charge in [-0.3, -0.25) is 4.79 Å². The molecule has 0 aliphatic rings. The van der Waals surface area contributed by atoms with Crippen molar-refractivity contribution in [2.45, 2.75) is 6.42 Å². The molecule has 0 radical (unpaired) electrons. The minimum atomic E-state index is -0.192. The minimum absolute atomic E-state index is 0.0722. The van der Waals surface area contributed by atoms with Crippen LogP contribution >= 0.6 is 11.6 Å². The van der Waals surface area contributed by atoms with Gasteiger partial charge in [0.1, 0.15) is 28.6 Å². The molecule has 5 nitrogen and oxygen atoms in total. The summed E-state index contributed by atoms with van der Waals surface area (Å²) in [5, 5.41) is 11.3. The second-order valence-corrected chi connectivity index (χ2v) is 7.22. The third-order valence-electron chi connectivity index (χ3n) is 4.95. The number of ether oxygens (including phenoxy) is 2. The lowest BCUT2D eigenvalue weighted by Crippen LogP contribution is -2.12.